The van der Waals surface area contributed by atoms with Crippen molar-refractivity contribution in [1.29, 1.82) is 0 Å². The first kappa shape index (κ1) is 44.1. The second-order valence-corrected chi connectivity index (χ2v) is 14.2. The zero-order valence-corrected chi connectivity index (χ0v) is 34.8. The van der Waals surface area contributed by atoms with E-state index in [1.807, 2.05) is 36.4 Å². The molecule has 0 saturated carbocycles. The van der Waals surface area contributed by atoms with Crippen LogP contribution in [0.4, 0.5) is 22.7 Å². The van der Waals surface area contributed by atoms with Crippen molar-refractivity contribution in [3.63, 3.8) is 0 Å². The van der Waals surface area contributed by atoms with Crippen molar-refractivity contribution in [3.05, 3.63) is 157 Å². The summed E-state index contributed by atoms with van der Waals surface area (Å²) in [5, 5.41) is 19.5. The van der Waals surface area contributed by atoms with Gasteiger partial charge in [-0.15, -0.1) is 10.2 Å². The van der Waals surface area contributed by atoms with Crippen LogP contribution < -0.4 is 18.9 Å². The molecule has 0 atom stereocenters. The number of hydrogen-bond donors (Lipinski definition) is 0. The van der Waals surface area contributed by atoms with Crippen molar-refractivity contribution in [1.82, 2.24) is 0 Å². The van der Waals surface area contributed by atoms with Crippen LogP contribution in [-0.4, -0.2) is 37.7 Å². The summed E-state index contributed by atoms with van der Waals surface area (Å²) < 4.78 is 27.7. The van der Waals surface area contributed by atoms with Gasteiger partial charge in [-0.1, -0.05) is 44.2 Å². The van der Waals surface area contributed by atoms with Crippen LogP contribution >= 0.6 is 0 Å². The maximum absolute atomic E-state index is 12.8. The van der Waals surface area contributed by atoms with E-state index < -0.39 is 11.9 Å². The van der Waals surface area contributed by atoms with E-state index in [2.05, 4.69) is 34.0 Å². The molecule has 0 aliphatic rings. The van der Waals surface area contributed by atoms with E-state index in [4.69, 9.17) is 23.7 Å². The second kappa shape index (κ2) is 22.8. The molecular weight excluding hydrogens is 785 g/mol. The third-order valence-electron chi connectivity index (χ3n) is 9.35. The highest BCUT2D eigenvalue weighted by Crippen LogP contribution is 2.35. The zero-order valence-electron chi connectivity index (χ0n) is 34.8. The molecule has 0 bridgehead atoms. The Morgan fingerprint density at radius 2 is 0.903 bits per heavy atom. The fourth-order valence-electron chi connectivity index (χ4n) is 5.90. The topological polar surface area (TPSA) is 147 Å². The summed E-state index contributed by atoms with van der Waals surface area (Å²) in [4.78, 5) is 37.0. The first-order valence-electron chi connectivity index (χ1n) is 20.5. The van der Waals surface area contributed by atoms with E-state index in [-0.39, 0.29) is 5.97 Å². The van der Waals surface area contributed by atoms with Gasteiger partial charge in [0.15, 0.2) is 0 Å². The molecule has 316 valence electrons. The summed E-state index contributed by atoms with van der Waals surface area (Å²) in [7, 11) is 0. The maximum Gasteiger partial charge on any atom is 0.343 e. The molecule has 12 heteroatoms. The number of hydrogen-bond acceptors (Lipinski definition) is 12. The molecule has 0 aliphatic carbocycles. The Labute approximate surface area is 360 Å². The van der Waals surface area contributed by atoms with E-state index in [0.29, 0.717) is 76.5 Å². The average Bonchev–Trinajstić information content (AvgIpc) is 3.30. The Morgan fingerprint density at radius 3 is 1.40 bits per heavy atom. The first-order chi connectivity index (χ1) is 30.2. The van der Waals surface area contributed by atoms with E-state index in [0.717, 1.165) is 55.0 Å². The highest BCUT2D eigenvalue weighted by atomic mass is 16.5. The van der Waals surface area contributed by atoms with Crippen molar-refractivity contribution >= 4 is 51.4 Å². The number of carbonyl (C=O) groups is 3. The lowest BCUT2D eigenvalue weighted by molar-refractivity contribution is -0.139. The highest BCUT2D eigenvalue weighted by molar-refractivity contribution is 5.99. The van der Waals surface area contributed by atoms with Crippen molar-refractivity contribution in [2.75, 3.05) is 19.8 Å². The summed E-state index contributed by atoms with van der Waals surface area (Å²) >= 11 is 0. The van der Waals surface area contributed by atoms with Gasteiger partial charge in [0.25, 0.3) is 0 Å². The average molecular weight is 833 g/mol. The maximum atomic E-state index is 12.8. The van der Waals surface area contributed by atoms with Gasteiger partial charge in [-0.25, -0.2) is 14.4 Å². The minimum absolute atomic E-state index is 0.357. The van der Waals surface area contributed by atoms with E-state index >= 15 is 0 Å². The van der Waals surface area contributed by atoms with Gasteiger partial charge < -0.3 is 23.7 Å². The van der Waals surface area contributed by atoms with Crippen LogP contribution in [0.3, 0.4) is 0 Å². The molecule has 0 N–H and O–H groups in total. The van der Waals surface area contributed by atoms with E-state index in [1.54, 1.807) is 104 Å². The number of carbonyl (C=O) groups excluding carboxylic acids is 3. The van der Waals surface area contributed by atoms with Gasteiger partial charge in [0.1, 0.15) is 23.0 Å². The third kappa shape index (κ3) is 13.3. The summed E-state index contributed by atoms with van der Waals surface area (Å²) in [6.07, 6.45) is 5.56. The van der Waals surface area contributed by atoms with Crippen LogP contribution in [0.25, 0.3) is 10.8 Å². The minimum Gasteiger partial charge on any atom is -0.494 e. The number of unbranched alkanes of at least 4 members (excludes halogenated alkanes) is 4. The van der Waals surface area contributed by atoms with Gasteiger partial charge in [-0.2, -0.15) is 10.2 Å². The molecule has 6 rings (SSSR count). The minimum atomic E-state index is -0.495. The standard InChI is InChI=1S/C50H48N4O8/c1-4-5-32-58-41-26-28-43(29-27-41)62-49(56)36-14-18-38(19-15-36)51-53-46-30-31-47(45-13-9-8-12-44(45)46)54-52-39-20-24-42(25-21-39)61-50(57)37-16-22-40(23-17-37)59-33-10-6-7-11-34-60-48(55)35(2)3/h8-9,12-31H,2,4-7,10-11,32-34H2,1,3H3/b53-51+,54-52+. The summed E-state index contributed by atoms with van der Waals surface area (Å²) in [6, 6.07) is 38.6. The predicted octanol–water partition coefficient (Wildman–Crippen LogP) is 13.3. The molecular formula is C50H48N4O8. The number of azo groups is 2. The molecule has 0 unspecified atom stereocenters. The van der Waals surface area contributed by atoms with Crippen molar-refractivity contribution in [3.8, 4) is 23.0 Å². The van der Waals surface area contributed by atoms with Gasteiger partial charge in [0, 0.05) is 16.3 Å². The Hall–Kier alpha value is -7.47. The van der Waals surface area contributed by atoms with Crippen LogP contribution in [0.1, 0.15) is 73.1 Å². The van der Waals surface area contributed by atoms with Crippen LogP contribution in [0.5, 0.6) is 23.0 Å². The summed E-state index contributed by atoms with van der Waals surface area (Å²) in [5.41, 5.74) is 3.60. The Kier molecular flexibility index (Phi) is 16.2. The van der Waals surface area contributed by atoms with E-state index in [1.165, 1.54) is 0 Å². The molecule has 12 nitrogen and oxygen atoms in total. The number of rotatable bonds is 21. The predicted molar refractivity (Wildman–Crippen MR) is 238 cm³/mol. The fraction of sp³-hybridized carbons (Fsp3) is 0.220. The third-order valence-corrected chi connectivity index (χ3v) is 9.35. The molecule has 0 fully saturated rings. The molecule has 62 heavy (non-hydrogen) atoms. The molecule has 0 spiro atoms. The smallest absolute Gasteiger partial charge is 0.343 e. The Bertz CT molecular complexity index is 2500. The number of esters is 3. The van der Waals surface area contributed by atoms with Crippen LogP contribution in [-0.2, 0) is 9.53 Å². The van der Waals surface area contributed by atoms with Gasteiger partial charge >= 0.3 is 17.9 Å². The quantitative estimate of drug-likeness (QED) is 0.0229. The largest absolute Gasteiger partial charge is 0.494 e. The van der Waals surface area contributed by atoms with Crippen molar-refractivity contribution in [2.45, 2.75) is 52.4 Å². The Balaban J connectivity index is 0.971. The fourth-order valence-corrected chi connectivity index (χ4v) is 5.90. The lowest BCUT2D eigenvalue weighted by Crippen LogP contribution is -2.08. The number of ether oxygens (including phenoxy) is 5. The van der Waals surface area contributed by atoms with Crippen molar-refractivity contribution in [2.24, 2.45) is 20.5 Å². The molecule has 6 aromatic carbocycles. The molecule has 0 saturated heterocycles. The van der Waals surface area contributed by atoms with Gasteiger partial charge in [-0.3, -0.25) is 0 Å². The summed E-state index contributed by atoms with van der Waals surface area (Å²) in [5.74, 6) is 0.856. The molecule has 6 aromatic rings. The highest BCUT2D eigenvalue weighted by Gasteiger charge is 2.12. The number of benzene rings is 6. The van der Waals surface area contributed by atoms with Crippen molar-refractivity contribution < 1.29 is 38.1 Å². The van der Waals surface area contributed by atoms with Gasteiger partial charge in [-0.05, 0) is 148 Å². The Morgan fingerprint density at radius 1 is 0.484 bits per heavy atom. The first-order valence-corrected chi connectivity index (χ1v) is 20.5. The number of nitrogens with zero attached hydrogens (tertiary/aromatic N) is 4. The van der Waals surface area contributed by atoms with Gasteiger partial charge in [0.2, 0.25) is 0 Å². The second-order valence-electron chi connectivity index (χ2n) is 14.2. The molecule has 0 aliphatic heterocycles. The van der Waals surface area contributed by atoms with Crippen LogP contribution in [0, 0.1) is 0 Å². The van der Waals surface area contributed by atoms with Gasteiger partial charge in [0.05, 0.1) is 53.7 Å². The molecule has 0 aromatic heterocycles. The molecule has 0 amide bonds. The normalized spacial score (nSPS) is 11.1. The van der Waals surface area contributed by atoms with E-state index in [9.17, 15) is 14.4 Å². The van der Waals surface area contributed by atoms with Crippen LogP contribution in [0.2, 0.25) is 0 Å². The lowest BCUT2D eigenvalue weighted by Gasteiger charge is -2.08. The van der Waals surface area contributed by atoms with Crippen LogP contribution in [0.15, 0.2) is 166 Å². The summed E-state index contributed by atoms with van der Waals surface area (Å²) in [6.45, 7) is 8.88. The lowest BCUT2D eigenvalue weighted by atomic mass is 10.1. The number of fused-ring (bicyclic) bond motifs is 1. The monoisotopic (exact) mass is 832 g/mol. The molecule has 0 radical (unpaired) electrons. The molecule has 0 heterocycles. The SMILES string of the molecule is C=C(C)C(=O)OCCCCCCOc1ccc(C(=O)Oc2ccc(/N=N/c3ccc(/N=N/c4ccc(C(=O)Oc5ccc(OCCCC)cc5)cc4)c4ccccc34)cc2)cc1. The zero-order chi connectivity index (χ0) is 43.5.